The molecule has 0 aliphatic rings. The average molecular weight is 252 g/mol. The Hall–Kier alpha value is -2.57. The van der Waals surface area contributed by atoms with Gasteiger partial charge < -0.3 is 10.2 Å². The molecule has 2 N–H and O–H groups in total. The van der Waals surface area contributed by atoms with Crippen LogP contribution in [0, 0.1) is 11.8 Å². The Kier molecular flexibility index (Phi) is 3.65. The zero-order chi connectivity index (χ0) is 13.7. The van der Waals surface area contributed by atoms with E-state index in [4.69, 9.17) is 0 Å². The summed E-state index contributed by atoms with van der Waals surface area (Å²) < 4.78 is 0. The Morgan fingerprint density at radius 3 is 2.00 bits per heavy atom. The van der Waals surface area contributed by atoms with E-state index < -0.39 is 11.6 Å². The quantitative estimate of drug-likeness (QED) is 0.804. The van der Waals surface area contributed by atoms with E-state index in [-0.39, 0.29) is 5.56 Å². The maximum absolute atomic E-state index is 11.3. The van der Waals surface area contributed by atoms with Crippen molar-refractivity contribution in [1.82, 2.24) is 0 Å². The number of carboxylic acids is 1. The molecular weight excluding hydrogens is 240 g/mol. The smallest absolute Gasteiger partial charge is 0.353 e. The Balaban J connectivity index is 2.43. The molecule has 0 spiro atoms. The Morgan fingerprint density at radius 1 is 0.947 bits per heavy atom. The minimum absolute atomic E-state index is 0.242. The van der Waals surface area contributed by atoms with Crippen molar-refractivity contribution in [1.29, 1.82) is 0 Å². The van der Waals surface area contributed by atoms with Gasteiger partial charge in [-0.1, -0.05) is 54.5 Å². The lowest BCUT2D eigenvalue weighted by Gasteiger charge is -2.17. The number of carbonyl (C=O) groups is 1. The lowest BCUT2D eigenvalue weighted by atomic mass is 9.94. The summed E-state index contributed by atoms with van der Waals surface area (Å²) in [6, 6.07) is 17.1. The van der Waals surface area contributed by atoms with E-state index >= 15 is 0 Å². The maximum Gasteiger partial charge on any atom is 0.353 e. The van der Waals surface area contributed by atoms with Crippen LogP contribution in [0.2, 0.25) is 0 Å². The predicted octanol–water partition coefficient (Wildman–Crippen LogP) is 2.01. The van der Waals surface area contributed by atoms with Gasteiger partial charge in [0.05, 0.1) is 0 Å². The van der Waals surface area contributed by atoms with Crippen molar-refractivity contribution in [2.45, 2.75) is 5.60 Å². The lowest BCUT2D eigenvalue weighted by Crippen LogP contribution is -2.33. The molecule has 0 fully saturated rings. The van der Waals surface area contributed by atoms with E-state index in [2.05, 4.69) is 11.8 Å². The fourth-order valence-corrected chi connectivity index (χ4v) is 1.61. The molecule has 3 heteroatoms. The molecule has 0 bridgehead atoms. The van der Waals surface area contributed by atoms with Gasteiger partial charge in [0, 0.05) is 11.1 Å². The van der Waals surface area contributed by atoms with E-state index in [1.807, 2.05) is 6.07 Å². The molecule has 0 radical (unpaired) electrons. The molecule has 2 rings (SSSR count). The zero-order valence-corrected chi connectivity index (χ0v) is 10.1. The van der Waals surface area contributed by atoms with Crippen molar-refractivity contribution in [2.75, 3.05) is 0 Å². The maximum atomic E-state index is 11.3. The van der Waals surface area contributed by atoms with Crippen molar-refractivity contribution in [3.63, 3.8) is 0 Å². The molecule has 0 aromatic heterocycles. The zero-order valence-electron chi connectivity index (χ0n) is 10.1. The molecule has 19 heavy (non-hydrogen) atoms. The number of aliphatic hydroxyl groups is 1. The van der Waals surface area contributed by atoms with Gasteiger partial charge in [-0.3, -0.25) is 0 Å². The first kappa shape index (κ1) is 12.9. The summed E-state index contributed by atoms with van der Waals surface area (Å²) in [5, 5.41) is 19.5. The first-order valence-corrected chi connectivity index (χ1v) is 5.72. The van der Waals surface area contributed by atoms with Crippen LogP contribution in [0.15, 0.2) is 60.7 Å². The van der Waals surface area contributed by atoms with E-state index in [1.165, 1.54) is 12.1 Å². The SMILES string of the molecule is O=C(O)C(O)(C#Cc1ccccc1)c1ccccc1. The van der Waals surface area contributed by atoms with Gasteiger partial charge in [0.25, 0.3) is 0 Å². The molecule has 1 unspecified atom stereocenters. The molecule has 0 saturated heterocycles. The summed E-state index contributed by atoms with van der Waals surface area (Å²) in [7, 11) is 0. The summed E-state index contributed by atoms with van der Waals surface area (Å²) in [6.45, 7) is 0. The third kappa shape index (κ3) is 2.82. The first-order valence-electron chi connectivity index (χ1n) is 5.72. The van der Waals surface area contributed by atoms with Crippen molar-refractivity contribution < 1.29 is 15.0 Å². The van der Waals surface area contributed by atoms with E-state index in [1.54, 1.807) is 42.5 Å². The van der Waals surface area contributed by atoms with Crippen LogP contribution in [0.4, 0.5) is 0 Å². The molecule has 2 aromatic rings. The summed E-state index contributed by atoms with van der Waals surface area (Å²) in [5.74, 6) is 3.73. The molecule has 94 valence electrons. The minimum atomic E-state index is -2.20. The van der Waals surface area contributed by atoms with Crippen molar-refractivity contribution >= 4 is 5.97 Å². The van der Waals surface area contributed by atoms with Crippen LogP contribution in [-0.4, -0.2) is 16.2 Å². The van der Waals surface area contributed by atoms with Gasteiger partial charge in [-0.15, -0.1) is 0 Å². The van der Waals surface area contributed by atoms with Crippen LogP contribution >= 0.6 is 0 Å². The molecule has 1 atom stereocenters. The first-order chi connectivity index (χ1) is 9.13. The highest BCUT2D eigenvalue weighted by atomic mass is 16.4. The van der Waals surface area contributed by atoms with Gasteiger partial charge in [0.1, 0.15) is 0 Å². The molecule has 2 aromatic carbocycles. The standard InChI is InChI=1S/C16H12O3/c17-15(18)16(19,14-9-5-2-6-10-14)12-11-13-7-3-1-4-8-13/h1-10,19H,(H,17,18). The minimum Gasteiger partial charge on any atom is -0.478 e. The molecule has 3 nitrogen and oxygen atoms in total. The fourth-order valence-electron chi connectivity index (χ4n) is 1.61. The third-order valence-electron chi connectivity index (χ3n) is 2.66. The molecule has 0 amide bonds. The van der Waals surface area contributed by atoms with Gasteiger partial charge in [-0.25, -0.2) is 4.79 Å². The van der Waals surface area contributed by atoms with Gasteiger partial charge >= 0.3 is 5.97 Å². The third-order valence-corrected chi connectivity index (χ3v) is 2.66. The highest BCUT2D eigenvalue weighted by Gasteiger charge is 2.36. The highest BCUT2D eigenvalue weighted by molar-refractivity contribution is 5.83. The molecule has 0 aliphatic heterocycles. The second-order valence-electron chi connectivity index (χ2n) is 4.00. The van der Waals surface area contributed by atoms with Crippen LogP contribution in [0.3, 0.4) is 0 Å². The predicted molar refractivity (Wildman–Crippen MR) is 71.3 cm³/mol. The normalized spacial score (nSPS) is 12.9. The van der Waals surface area contributed by atoms with Crippen molar-refractivity contribution in [3.8, 4) is 11.8 Å². The van der Waals surface area contributed by atoms with E-state index in [9.17, 15) is 15.0 Å². The number of hydrogen-bond acceptors (Lipinski definition) is 2. The van der Waals surface area contributed by atoms with Crippen LogP contribution in [0.5, 0.6) is 0 Å². The average Bonchev–Trinajstić information content (AvgIpc) is 2.46. The number of rotatable bonds is 2. The topological polar surface area (TPSA) is 57.5 Å². The summed E-state index contributed by atoms with van der Waals surface area (Å²) >= 11 is 0. The van der Waals surface area contributed by atoms with Crippen LogP contribution in [0.1, 0.15) is 11.1 Å². The molecule has 0 heterocycles. The lowest BCUT2D eigenvalue weighted by molar-refractivity contribution is -0.153. The molecule has 0 saturated carbocycles. The largest absolute Gasteiger partial charge is 0.478 e. The Labute approximate surface area is 111 Å². The van der Waals surface area contributed by atoms with Crippen molar-refractivity contribution in [2.24, 2.45) is 0 Å². The van der Waals surface area contributed by atoms with Crippen molar-refractivity contribution in [3.05, 3.63) is 71.8 Å². The second-order valence-corrected chi connectivity index (χ2v) is 4.00. The van der Waals surface area contributed by atoms with E-state index in [0.29, 0.717) is 5.56 Å². The van der Waals surface area contributed by atoms with Crippen LogP contribution < -0.4 is 0 Å². The van der Waals surface area contributed by atoms with E-state index in [0.717, 1.165) is 0 Å². The van der Waals surface area contributed by atoms with Crippen LogP contribution in [0.25, 0.3) is 0 Å². The second kappa shape index (κ2) is 5.38. The molecular formula is C16H12O3. The molecule has 0 aliphatic carbocycles. The fraction of sp³-hybridized carbons (Fsp3) is 0.0625. The van der Waals surface area contributed by atoms with Crippen LogP contribution in [-0.2, 0) is 10.4 Å². The number of carboxylic acid groups (broad SMARTS) is 1. The number of benzene rings is 2. The summed E-state index contributed by atoms with van der Waals surface area (Å²) in [5.41, 5.74) is -1.30. The Morgan fingerprint density at radius 2 is 1.47 bits per heavy atom. The van der Waals surface area contributed by atoms with Gasteiger partial charge in [-0.2, -0.15) is 0 Å². The van der Waals surface area contributed by atoms with Gasteiger partial charge in [0.15, 0.2) is 0 Å². The summed E-state index contributed by atoms with van der Waals surface area (Å²) in [6.07, 6.45) is 0. The Bertz CT molecular complexity index is 623. The van der Waals surface area contributed by atoms with Gasteiger partial charge in [0.2, 0.25) is 5.60 Å². The highest BCUT2D eigenvalue weighted by Crippen LogP contribution is 2.20. The number of hydrogen-bond donors (Lipinski definition) is 2. The monoisotopic (exact) mass is 252 g/mol. The number of aliphatic carboxylic acids is 1. The van der Waals surface area contributed by atoms with Gasteiger partial charge in [-0.05, 0) is 18.1 Å². The summed E-state index contributed by atoms with van der Waals surface area (Å²) in [4.78, 5) is 11.3.